The van der Waals surface area contributed by atoms with Gasteiger partial charge in [0.1, 0.15) is 6.04 Å². The van der Waals surface area contributed by atoms with E-state index in [2.05, 4.69) is 14.8 Å². The normalized spacial score (nSPS) is 23.8. The molecule has 1 saturated heterocycles. The summed E-state index contributed by atoms with van der Waals surface area (Å²) in [5.74, 6) is -0.630. The van der Waals surface area contributed by atoms with Crippen LogP contribution in [-0.4, -0.2) is 38.7 Å². The lowest BCUT2D eigenvalue weighted by molar-refractivity contribution is -0.149. The summed E-state index contributed by atoms with van der Waals surface area (Å²) in [5, 5.41) is 2.96. The molecule has 0 saturated carbocycles. The molecule has 0 bridgehead atoms. The monoisotopic (exact) mass is 231 g/mol. The predicted octanol–water partition coefficient (Wildman–Crippen LogP) is 0.727. The van der Waals surface area contributed by atoms with Gasteiger partial charge in [0.05, 0.1) is 20.1 Å². The highest BCUT2D eigenvalue weighted by Crippen LogP contribution is 2.16. The standard InChI is InChI=1S/C9H15NO4.C2H6/c1-13-8(11)6-3-4-7(10-5-6)9(12)14-2;1-2/h6-7,10H,3-5H2,1-2H3;1-2H3. The summed E-state index contributed by atoms with van der Waals surface area (Å²) in [6.45, 7) is 4.48. The summed E-state index contributed by atoms with van der Waals surface area (Å²) in [6, 6.07) is -0.277. The summed E-state index contributed by atoms with van der Waals surface area (Å²) in [7, 11) is 2.73. The molecule has 1 aliphatic rings. The summed E-state index contributed by atoms with van der Waals surface area (Å²) in [4.78, 5) is 22.2. The average Bonchev–Trinajstić information content (AvgIpc) is 2.39. The Kier molecular flexibility index (Phi) is 7.54. The number of rotatable bonds is 2. The molecule has 0 amide bonds. The highest BCUT2D eigenvalue weighted by Gasteiger charge is 2.30. The van der Waals surface area contributed by atoms with E-state index >= 15 is 0 Å². The molecule has 5 nitrogen and oxygen atoms in total. The third-order valence-electron chi connectivity index (χ3n) is 2.43. The predicted molar refractivity (Wildman–Crippen MR) is 59.9 cm³/mol. The van der Waals surface area contributed by atoms with Gasteiger partial charge in [-0.25, -0.2) is 0 Å². The van der Waals surface area contributed by atoms with Gasteiger partial charge in [0, 0.05) is 6.54 Å². The fraction of sp³-hybridized carbons (Fsp3) is 0.818. The van der Waals surface area contributed by atoms with Crippen molar-refractivity contribution in [3.63, 3.8) is 0 Å². The van der Waals surface area contributed by atoms with E-state index in [0.717, 1.165) is 0 Å². The average molecular weight is 231 g/mol. The largest absolute Gasteiger partial charge is 0.469 e. The maximum absolute atomic E-state index is 11.1. The van der Waals surface area contributed by atoms with Crippen LogP contribution in [0.4, 0.5) is 0 Å². The summed E-state index contributed by atoms with van der Waals surface area (Å²) in [6.07, 6.45) is 1.28. The molecule has 0 radical (unpaired) electrons. The van der Waals surface area contributed by atoms with Crippen molar-refractivity contribution in [3.05, 3.63) is 0 Å². The smallest absolute Gasteiger partial charge is 0.322 e. The van der Waals surface area contributed by atoms with Gasteiger partial charge in [-0.1, -0.05) is 13.8 Å². The molecule has 1 heterocycles. The van der Waals surface area contributed by atoms with Crippen LogP contribution in [0, 0.1) is 5.92 Å². The highest BCUT2D eigenvalue weighted by atomic mass is 16.5. The molecule has 0 aromatic heterocycles. The number of esters is 2. The van der Waals surface area contributed by atoms with E-state index in [4.69, 9.17) is 0 Å². The Hall–Kier alpha value is -1.10. The van der Waals surface area contributed by atoms with E-state index < -0.39 is 0 Å². The zero-order valence-electron chi connectivity index (χ0n) is 10.4. The minimum Gasteiger partial charge on any atom is -0.469 e. The van der Waals surface area contributed by atoms with Gasteiger partial charge >= 0.3 is 11.9 Å². The quantitative estimate of drug-likeness (QED) is 0.710. The topological polar surface area (TPSA) is 64.6 Å². The second-order valence-corrected chi connectivity index (χ2v) is 3.28. The van der Waals surface area contributed by atoms with Gasteiger partial charge in [-0.3, -0.25) is 9.59 Å². The second kappa shape index (κ2) is 8.10. The molecule has 0 aromatic carbocycles. The summed E-state index contributed by atoms with van der Waals surface area (Å²) < 4.78 is 9.21. The van der Waals surface area contributed by atoms with Gasteiger partial charge < -0.3 is 14.8 Å². The number of piperidine rings is 1. The van der Waals surface area contributed by atoms with E-state index in [1.807, 2.05) is 13.8 Å². The van der Waals surface area contributed by atoms with Crippen molar-refractivity contribution in [3.8, 4) is 0 Å². The molecule has 94 valence electrons. The van der Waals surface area contributed by atoms with Crippen LogP contribution in [0.5, 0.6) is 0 Å². The Morgan fingerprint density at radius 3 is 2.00 bits per heavy atom. The van der Waals surface area contributed by atoms with Gasteiger partial charge in [0.15, 0.2) is 0 Å². The molecule has 0 aliphatic carbocycles. The van der Waals surface area contributed by atoms with Crippen LogP contribution in [0.15, 0.2) is 0 Å². The van der Waals surface area contributed by atoms with E-state index in [9.17, 15) is 9.59 Å². The van der Waals surface area contributed by atoms with Gasteiger partial charge in [-0.2, -0.15) is 0 Å². The van der Waals surface area contributed by atoms with E-state index in [1.54, 1.807) is 0 Å². The zero-order chi connectivity index (χ0) is 12.6. The molecule has 16 heavy (non-hydrogen) atoms. The van der Waals surface area contributed by atoms with Crippen LogP contribution < -0.4 is 5.32 Å². The SMILES string of the molecule is CC.COC(=O)C1CCC(C(=O)OC)NC1. The number of methoxy groups -OCH3 is 2. The minimum atomic E-state index is -0.277. The van der Waals surface area contributed by atoms with Crippen LogP contribution in [0.25, 0.3) is 0 Å². The Labute approximate surface area is 96.5 Å². The van der Waals surface area contributed by atoms with Crippen LogP contribution in [0.3, 0.4) is 0 Å². The first-order chi connectivity index (χ1) is 7.69. The molecule has 2 unspecified atom stereocenters. The number of carbonyl (C=O) groups is 2. The minimum absolute atomic E-state index is 0.138. The van der Waals surface area contributed by atoms with Gasteiger partial charge in [-0.05, 0) is 12.8 Å². The maximum atomic E-state index is 11.1. The first kappa shape index (κ1) is 14.9. The van der Waals surface area contributed by atoms with Crippen molar-refractivity contribution in [2.24, 2.45) is 5.92 Å². The Morgan fingerprint density at radius 1 is 1.06 bits per heavy atom. The summed E-state index contributed by atoms with van der Waals surface area (Å²) in [5.41, 5.74) is 0. The first-order valence-electron chi connectivity index (χ1n) is 5.58. The molecule has 1 N–H and O–H groups in total. The first-order valence-corrected chi connectivity index (χ1v) is 5.58. The Bertz CT molecular complexity index is 198. The molecular weight excluding hydrogens is 210 g/mol. The number of carbonyl (C=O) groups excluding carboxylic acids is 2. The van der Waals surface area contributed by atoms with Crippen molar-refractivity contribution >= 4 is 11.9 Å². The van der Waals surface area contributed by atoms with E-state index in [-0.39, 0.29) is 23.9 Å². The number of hydrogen-bond acceptors (Lipinski definition) is 5. The third-order valence-corrected chi connectivity index (χ3v) is 2.43. The van der Waals surface area contributed by atoms with Crippen LogP contribution >= 0.6 is 0 Å². The van der Waals surface area contributed by atoms with Crippen LogP contribution in [0.2, 0.25) is 0 Å². The molecule has 0 spiro atoms. The molecule has 5 heteroatoms. The molecule has 2 atom stereocenters. The van der Waals surface area contributed by atoms with Crippen molar-refractivity contribution < 1.29 is 19.1 Å². The van der Waals surface area contributed by atoms with Gasteiger partial charge in [-0.15, -0.1) is 0 Å². The zero-order valence-corrected chi connectivity index (χ0v) is 10.4. The lowest BCUT2D eigenvalue weighted by atomic mass is 9.95. The van der Waals surface area contributed by atoms with Crippen LogP contribution in [0.1, 0.15) is 26.7 Å². The highest BCUT2D eigenvalue weighted by molar-refractivity contribution is 5.77. The Balaban J connectivity index is 0.00000106. The maximum Gasteiger partial charge on any atom is 0.322 e. The second-order valence-electron chi connectivity index (χ2n) is 3.28. The van der Waals surface area contributed by atoms with Crippen LogP contribution in [-0.2, 0) is 19.1 Å². The number of ether oxygens (including phenoxy) is 2. The Morgan fingerprint density at radius 2 is 1.62 bits per heavy atom. The third kappa shape index (κ3) is 4.18. The number of nitrogens with one attached hydrogen (secondary N) is 1. The lowest BCUT2D eigenvalue weighted by Gasteiger charge is -2.26. The van der Waals surface area contributed by atoms with Gasteiger partial charge in [0.2, 0.25) is 0 Å². The van der Waals surface area contributed by atoms with E-state index in [0.29, 0.717) is 19.4 Å². The molecule has 1 fully saturated rings. The lowest BCUT2D eigenvalue weighted by Crippen LogP contribution is -2.46. The summed E-state index contributed by atoms with van der Waals surface area (Å²) >= 11 is 0. The van der Waals surface area contributed by atoms with Crippen molar-refractivity contribution in [2.45, 2.75) is 32.7 Å². The molecule has 0 aromatic rings. The number of hydrogen-bond donors (Lipinski definition) is 1. The fourth-order valence-electron chi connectivity index (χ4n) is 1.57. The van der Waals surface area contributed by atoms with E-state index in [1.165, 1.54) is 14.2 Å². The van der Waals surface area contributed by atoms with Crippen molar-refractivity contribution in [2.75, 3.05) is 20.8 Å². The van der Waals surface area contributed by atoms with Crippen molar-refractivity contribution in [1.82, 2.24) is 5.32 Å². The molecular formula is C11H21NO4. The van der Waals surface area contributed by atoms with Gasteiger partial charge in [0.25, 0.3) is 0 Å². The molecule has 1 aliphatic heterocycles. The van der Waals surface area contributed by atoms with Crippen molar-refractivity contribution in [1.29, 1.82) is 0 Å². The fourth-order valence-corrected chi connectivity index (χ4v) is 1.57. The molecule has 1 rings (SSSR count).